The predicted octanol–water partition coefficient (Wildman–Crippen LogP) is 3.78. The summed E-state index contributed by atoms with van der Waals surface area (Å²) in [5.41, 5.74) is 0.702. The van der Waals surface area contributed by atoms with E-state index in [1.807, 2.05) is 17.5 Å². The molecule has 1 aromatic heterocycles. The van der Waals surface area contributed by atoms with Crippen LogP contribution in [0, 0.1) is 0 Å². The fourth-order valence-electron chi connectivity index (χ4n) is 1.56. The van der Waals surface area contributed by atoms with Crippen molar-refractivity contribution in [3.8, 4) is 5.75 Å². The van der Waals surface area contributed by atoms with Gasteiger partial charge < -0.3 is 14.9 Å². The number of hydrogen-bond donors (Lipinski definition) is 2. The van der Waals surface area contributed by atoms with Gasteiger partial charge >= 0.3 is 5.97 Å². The third kappa shape index (κ3) is 3.60. The van der Waals surface area contributed by atoms with Crippen LogP contribution in [0.15, 0.2) is 40.2 Å². The lowest BCUT2D eigenvalue weighted by Crippen LogP contribution is -2.19. The molecule has 20 heavy (non-hydrogen) atoms. The summed E-state index contributed by atoms with van der Waals surface area (Å²) in [6.45, 7) is 0. The molecule has 106 valence electrons. The van der Waals surface area contributed by atoms with Gasteiger partial charge in [-0.25, -0.2) is 4.79 Å². The topological polar surface area (TPSA) is 66.8 Å². The minimum absolute atomic E-state index is 0.386. The first-order valence-corrected chi connectivity index (χ1v) is 8.12. The zero-order valence-corrected chi connectivity index (χ0v) is 14.0. The molecule has 2 aromatic rings. The molecule has 2 N–H and O–H groups in total. The molecule has 0 aliphatic rings. The molecule has 1 aromatic carbocycles. The van der Waals surface area contributed by atoms with Crippen LogP contribution in [-0.4, -0.2) is 21.2 Å². The van der Waals surface area contributed by atoms with Crippen molar-refractivity contribution in [2.45, 2.75) is 11.1 Å². The molecule has 0 amide bonds. The molecule has 4 nitrogen and oxygen atoms in total. The van der Waals surface area contributed by atoms with Gasteiger partial charge in [-0.3, -0.25) is 0 Å². The Kier molecular flexibility index (Phi) is 5.20. The maximum absolute atomic E-state index is 10.7. The number of rotatable bonds is 5. The number of benzene rings is 1. The number of aliphatic hydroxyl groups excluding tert-OH is 1. The van der Waals surface area contributed by atoms with E-state index >= 15 is 0 Å². The van der Waals surface area contributed by atoms with E-state index in [-0.39, 0.29) is 0 Å². The van der Waals surface area contributed by atoms with E-state index in [9.17, 15) is 9.90 Å². The van der Waals surface area contributed by atoms with Gasteiger partial charge in [0, 0.05) is 4.88 Å². The lowest BCUT2D eigenvalue weighted by molar-refractivity contribution is -0.140. The van der Waals surface area contributed by atoms with E-state index in [1.54, 1.807) is 18.2 Å². The summed E-state index contributed by atoms with van der Waals surface area (Å²) in [5.74, 6) is -0.726. The highest BCUT2D eigenvalue weighted by atomic mass is 79.9. The number of aliphatic hydroxyl groups is 1. The third-order valence-electron chi connectivity index (χ3n) is 2.51. The molecule has 0 spiro atoms. The van der Waals surface area contributed by atoms with Gasteiger partial charge in [-0.05, 0) is 61.0 Å². The van der Waals surface area contributed by atoms with Crippen molar-refractivity contribution in [3.63, 3.8) is 0 Å². The van der Waals surface area contributed by atoms with Crippen LogP contribution < -0.4 is 4.74 Å². The molecule has 0 aliphatic carbocycles. The van der Waals surface area contributed by atoms with E-state index in [1.165, 1.54) is 11.3 Å². The maximum Gasteiger partial charge on any atom is 0.356 e. The Labute approximate surface area is 136 Å². The van der Waals surface area contributed by atoms with Gasteiger partial charge in [0.2, 0.25) is 5.01 Å². The average molecular weight is 422 g/mol. The molecule has 1 heterocycles. The maximum atomic E-state index is 10.7. The number of alkyl halides is 1. The smallest absolute Gasteiger partial charge is 0.356 e. The van der Waals surface area contributed by atoms with Crippen molar-refractivity contribution in [3.05, 3.63) is 50.6 Å². The zero-order valence-electron chi connectivity index (χ0n) is 9.99. The van der Waals surface area contributed by atoms with E-state index in [4.69, 9.17) is 9.84 Å². The van der Waals surface area contributed by atoms with Gasteiger partial charge in [-0.1, -0.05) is 12.1 Å². The van der Waals surface area contributed by atoms with E-state index < -0.39 is 17.1 Å². The highest BCUT2D eigenvalue weighted by molar-refractivity contribution is 9.10. The van der Waals surface area contributed by atoms with Crippen LogP contribution >= 0.6 is 43.2 Å². The Balaban J connectivity index is 2.19. The van der Waals surface area contributed by atoms with Crippen LogP contribution in [0.2, 0.25) is 0 Å². The van der Waals surface area contributed by atoms with E-state index in [0.717, 1.165) is 4.88 Å². The largest absolute Gasteiger partial charge is 0.478 e. The second-order valence-electron chi connectivity index (χ2n) is 3.88. The highest BCUT2D eigenvalue weighted by Gasteiger charge is 2.18. The molecule has 0 radical (unpaired) electrons. The van der Waals surface area contributed by atoms with Crippen LogP contribution in [0.4, 0.5) is 0 Å². The number of hydrogen-bond acceptors (Lipinski definition) is 4. The Hall–Kier alpha value is -0.890. The number of halogens is 2. The molecule has 0 bridgehead atoms. The molecule has 2 atom stereocenters. The van der Waals surface area contributed by atoms with Crippen molar-refractivity contribution in [1.82, 2.24) is 0 Å². The normalized spacial score (nSPS) is 13.8. The summed E-state index contributed by atoms with van der Waals surface area (Å²) >= 11 is 7.68. The molecule has 0 aliphatic heterocycles. The Morgan fingerprint density at radius 3 is 2.65 bits per heavy atom. The molecule has 0 saturated heterocycles. The first-order chi connectivity index (χ1) is 9.49. The molecular formula is C13H10Br2O4S. The number of carboxylic acid groups (broad SMARTS) is 1. The first kappa shape index (κ1) is 15.5. The van der Waals surface area contributed by atoms with Crippen LogP contribution in [0.25, 0.3) is 0 Å². The monoisotopic (exact) mass is 420 g/mol. The lowest BCUT2D eigenvalue weighted by Gasteiger charge is -2.14. The summed E-state index contributed by atoms with van der Waals surface area (Å²) in [6.07, 6.45) is -0.709. The van der Waals surface area contributed by atoms with Crippen LogP contribution in [-0.2, 0) is 4.79 Å². The summed E-state index contributed by atoms with van der Waals surface area (Å²) in [5, 5.41) is 19.8. The minimum atomic E-state index is -1.12. The lowest BCUT2D eigenvalue weighted by atomic mass is 10.1. The van der Waals surface area contributed by atoms with Crippen molar-refractivity contribution in [2.24, 2.45) is 0 Å². The fourth-order valence-corrected chi connectivity index (χ4v) is 2.98. The highest BCUT2D eigenvalue weighted by Crippen LogP contribution is 2.33. The van der Waals surface area contributed by atoms with Gasteiger partial charge in [-0.2, -0.15) is 0 Å². The van der Waals surface area contributed by atoms with E-state index in [2.05, 4.69) is 31.9 Å². The summed E-state index contributed by atoms with van der Waals surface area (Å²) in [7, 11) is 0. The van der Waals surface area contributed by atoms with Crippen LogP contribution in [0.1, 0.15) is 16.5 Å². The molecule has 7 heteroatoms. The predicted molar refractivity (Wildman–Crippen MR) is 83.5 cm³/mol. The minimum Gasteiger partial charge on any atom is -0.478 e. The van der Waals surface area contributed by atoms with E-state index in [0.29, 0.717) is 15.8 Å². The number of ether oxygens (including phenoxy) is 1. The van der Waals surface area contributed by atoms with Crippen molar-refractivity contribution in [2.75, 3.05) is 0 Å². The summed E-state index contributed by atoms with van der Waals surface area (Å²) < 4.78 is 5.80. The van der Waals surface area contributed by atoms with Crippen LogP contribution in [0.5, 0.6) is 5.75 Å². The molecule has 0 fully saturated rings. The van der Waals surface area contributed by atoms with Gasteiger partial charge in [0.1, 0.15) is 11.9 Å². The molecule has 2 unspecified atom stereocenters. The van der Waals surface area contributed by atoms with Gasteiger partial charge in [0.15, 0.2) is 0 Å². The average Bonchev–Trinajstić information content (AvgIpc) is 2.94. The number of carboxylic acids is 1. The SMILES string of the molecule is O=C(O)C(Br)Oc1ccc(C(O)c2cccs2)cc1Br. The zero-order chi connectivity index (χ0) is 14.7. The summed E-state index contributed by atoms with van der Waals surface area (Å²) in [4.78, 5) is 11.6. The Morgan fingerprint density at radius 2 is 2.10 bits per heavy atom. The molecular weight excluding hydrogens is 412 g/mol. The van der Waals surface area contributed by atoms with Gasteiger partial charge in [-0.15, -0.1) is 11.3 Å². The van der Waals surface area contributed by atoms with Crippen molar-refractivity contribution < 1.29 is 19.7 Å². The first-order valence-electron chi connectivity index (χ1n) is 5.53. The Bertz CT molecular complexity index is 600. The Morgan fingerprint density at radius 1 is 1.35 bits per heavy atom. The second-order valence-corrected chi connectivity index (χ2v) is 6.55. The fraction of sp³-hybridized carbons (Fsp3) is 0.154. The quantitative estimate of drug-likeness (QED) is 0.721. The third-order valence-corrected chi connectivity index (χ3v) is 4.63. The van der Waals surface area contributed by atoms with Crippen LogP contribution in [0.3, 0.4) is 0 Å². The van der Waals surface area contributed by atoms with Gasteiger partial charge in [0.05, 0.1) is 4.47 Å². The van der Waals surface area contributed by atoms with Crippen molar-refractivity contribution in [1.29, 1.82) is 0 Å². The molecule has 2 rings (SSSR count). The second kappa shape index (κ2) is 6.71. The summed E-state index contributed by atoms with van der Waals surface area (Å²) in [6, 6.07) is 8.76. The number of thiophene rings is 1. The van der Waals surface area contributed by atoms with Crippen molar-refractivity contribution >= 4 is 49.2 Å². The van der Waals surface area contributed by atoms with Gasteiger partial charge in [0.25, 0.3) is 0 Å². The number of aliphatic carboxylic acids is 1. The standard InChI is InChI=1S/C13H10Br2O4S/c14-8-6-7(11(16)10-2-1-5-20-10)3-4-9(8)19-12(15)13(17)18/h1-6,11-12,16H,(H,17,18). The molecule has 0 saturated carbocycles. The number of carbonyl (C=O) groups is 1.